The number of nitrogens with zero attached hydrogens (tertiary/aromatic N) is 1. The van der Waals surface area contributed by atoms with E-state index in [1.807, 2.05) is 0 Å². The average Bonchev–Trinajstić information content (AvgIpc) is 2.05. The SMILES string of the molecule is N#CC1CNCC([S+](N)[O-])C1. The third-order valence-corrected chi connectivity index (χ3v) is 2.84. The van der Waals surface area contributed by atoms with Crippen LogP contribution < -0.4 is 10.5 Å². The van der Waals surface area contributed by atoms with E-state index in [9.17, 15) is 4.55 Å². The van der Waals surface area contributed by atoms with Gasteiger partial charge in [-0.15, -0.1) is 0 Å². The van der Waals surface area contributed by atoms with Crippen molar-refractivity contribution in [2.45, 2.75) is 11.7 Å². The van der Waals surface area contributed by atoms with Crippen LogP contribution in [0.4, 0.5) is 0 Å². The zero-order chi connectivity index (χ0) is 8.27. The lowest BCUT2D eigenvalue weighted by Gasteiger charge is -2.25. The van der Waals surface area contributed by atoms with Crippen LogP contribution in [0.2, 0.25) is 0 Å². The molecule has 0 aliphatic carbocycles. The fourth-order valence-corrected chi connectivity index (χ4v) is 1.88. The van der Waals surface area contributed by atoms with Crippen molar-refractivity contribution in [2.24, 2.45) is 11.1 Å². The summed E-state index contributed by atoms with van der Waals surface area (Å²) in [7, 11) is 0. The summed E-state index contributed by atoms with van der Waals surface area (Å²) in [5.74, 6) is -0.0266. The van der Waals surface area contributed by atoms with Gasteiger partial charge in [-0.1, -0.05) is 0 Å². The predicted octanol–water partition coefficient (Wildman–Crippen LogP) is -0.890. The highest BCUT2D eigenvalue weighted by Gasteiger charge is 2.28. The van der Waals surface area contributed by atoms with E-state index in [1.165, 1.54) is 0 Å². The summed E-state index contributed by atoms with van der Waals surface area (Å²) in [5, 5.41) is 16.7. The van der Waals surface area contributed by atoms with Crippen LogP contribution in [-0.2, 0) is 11.4 Å². The quantitative estimate of drug-likeness (QED) is 0.504. The highest BCUT2D eigenvalue weighted by atomic mass is 32.2. The molecule has 3 N–H and O–H groups in total. The Kier molecular flexibility index (Phi) is 3.15. The van der Waals surface area contributed by atoms with Crippen molar-refractivity contribution in [1.82, 2.24) is 5.32 Å². The van der Waals surface area contributed by atoms with E-state index >= 15 is 0 Å². The molecule has 1 fully saturated rings. The second-order valence-electron chi connectivity index (χ2n) is 2.67. The Morgan fingerprint density at radius 2 is 2.36 bits per heavy atom. The molecular formula is C6H11N3OS. The predicted molar refractivity (Wildman–Crippen MR) is 42.7 cm³/mol. The molecule has 0 aromatic carbocycles. The minimum Gasteiger partial charge on any atom is -0.598 e. The lowest BCUT2D eigenvalue weighted by molar-refractivity contribution is 0.437. The molecule has 3 atom stereocenters. The van der Waals surface area contributed by atoms with E-state index in [4.69, 9.17) is 10.4 Å². The van der Waals surface area contributed by atoms with Gasteiger partial charge in [-0.05, 0) is 0 Å². The maximum absolute atomic E-state index is 10.8. The van der Waals surface area contributed by atoms with Gasteiger partial charge in [-0.25, -0.2) is 0 Å². The molecule has 1 heterocycles. The van der Waals surface area contributed by atoms with Gasteiger partial charge in [0, 0.05) is 30.9 Å². The van der Waals surface area contributed by atoms with Crippen molar-refractivity contribution in [3.8, 4) is 6.07 Å². The van der Waals surface area contributed by atoms with Gasteiger partial charge in [0.25, 0.3) is 0 Å². The Morgan fingerprint density at radius 3 is 2.91 bits per heavy atom. The van der Waals surface area contributed by atoms with E-state index in [0.29, 0.717) is 19.5 Å². The van der Waals surface area contributed by atoms with Crippen molar-refractivity contribution in [1.29, 1.82) is 5.26 Å². The van der Waals surface area contributed by atoms with E-state index in [1.54, 1.807) is 0 Å². The van der Waals surface area contributed by atoms with Crippen LogP contribution >= 0.6 is 0 Å². The molecule has 1 saturated heterocycles. The summed E-state index contributed by atoms with van der Waals surface area (Å²) in [6, 6.07) is 2.14. The Balaban J connectivity index is 2.41. The standard InChI is InChI=1S/C6H11N3OS/c7-2-5-1-6(11(8)10)4-9-3-5/h5-6,9H,1,3-4,8H2. The number of nitrogens with one attached hydrogen (secondary N) is 1. The minimum absolute atomic E-state index is 0.0266. The van der Waals surface area contributed by atoms with Crippen LogP contribution in [0.25, 0.3) is 0 Å². The molecule has 4 nitrogen and oxygen atoms in total. The van der Waals surface area contributed by atoms with Gasteiger partial charge in [0.05, 0.1) is 12.0 Å². The molecule has 0 amide bonds. The largest absolute Gasteiger partial charge is 0.598 e. The topological polar surface area (TPSA) is 84.9 Å². The first kappa shape index (κ1) is 8.81. The minimum atomic E-state index is -1.29. The van der Waals surface area contributed by atoms with E-state index < -0.39 is 11.4 Å². The first-order valence-corrected chi connectivity index (χ1v) is 4.77. The number of hydrogen-bond donors (Lipinski definition) is 2. The molecule has 0 bridgehead atoms. The zero-order valence-corrected chi connectivity index (χ0v) is 6.93. The molecule has 5 heteroatoms. The van der Waals surface area contributed by atoms with Gasteiger partial charge in [-0.2, -0.15) is 10.4 Å². The second-order valence-corrected chi connectivity index (χ2v) is 3.99. The Bertz CT molecular complexity index is 168. The fraction of sp³-hybridized carbons (Fsp3) is 0.833. The molecule has 0 aromatic rings. The molecule has 0 saturated carbocycles. The van der Waals surface area contributed by atoms with Gasteiger partial charge in [-0.3, -0.25) is 0 Å². The van der Waals surface area contributed by atoms with Crippen LogP contribution in [0, 0.1) is 17.2 Å². The van der Waals surface area contributed by atoms with Crippen molar-refractivity contribution >= 4 is 11.4 Å². The fourth-order valence-electron chi connectivity index (χ4n) is 1.18. The zero-order valence-electron chi connectivity index (χ0n) is 6.12. The van der Waals surface area contributed by atoms with Crippen LogP contribution in [0.3, 0.4) is 0 Å². The first-order valence-electron chi connectivity index (χ1n) is 3.49. The molecule has 1 rings (SSSR count). The number of nitriles is 1. The monoisotopic (exact) mass is 173 g/mol. The Hall–Kier alpha value is -0.280. The number of rotatable bonds is 1. The van der Waals surface area contributed by atoms with Gasteiger partial charge < -0.3 is 9.87 Å². The highest BCUT2D eigenvalue weighted by Crippen LogP contribution is 2.13. The van der Waals surface area contributed by atoms with E-state index in [-0.39, 0.29) is 11.2 Å². The van der Waals surface area contributed by atoms with Crippen molar-refractivity contribution in [3.63, 3.8) is 0 Å². The van der Waals surface area contributed by atoms with Crippen LogP contribution in [0.1, 0.15) is 6.42 Å². The van der Waals surface area contributed by atoms with Crippen molar-refractivity contribution in [3.05, 3.63) is 0 Å². The summed E-state index contributed by atoms with van der Waals surface area (Å²) >= 11 is -1.29. The molecular weight excluding hydrogens is 162 g/mol. The lowest BCUT2D eigenvalue weighted by Crippen LogP contribution is -2.45. The summed E-state index contributed by atoms with van der Waals surface area (Å²) in [5.41, 5.74) is 0. The first-order chi connectivity index (χ1) is 5.24. The molecule has 0 aromatic heterocycles. The Labute approximate surface area is 69.1 Å². The van der Waals surface area contributed by atoms with Gasteiger partial charge in [0.2, 0.25) is 0 Å². The molecule has 1 aliphatic rings. The summed E-state index contributed by atoms with van der Waals surface area (Å²) in [4.78, 5) is 0. The molecule has 0 radical (unpaired) electrons. The Morgan fingerprint density at radius 1 is 1.64 bits per heavy atom. The van der Waals surface area contributed by atoms with E-state index in [2.05, 4.69) is 11.4 Å². The van der Waals surface area contributed by atoms with Gasteiger partial charge >= 0.3 is 0 Å². The second kappa shape index (κ2) is 3.93. The number of piperidine rings is 1. The van der Waals surface area contributed by atoms with Gasteiger partial charge in [0.1, 0.15) is 5.25 Å². The van der Waals surface area contributed by atoms with Crippen LogP contribution in [0.5, 0.6) is 0 Å². The summed E-state index contributed by atoms with van der Waals surface area (Å²) < 4.78 is 10.8. The molecule has 1 aliphatic heterocycles. The molecule has 11 heavy (non-hydrogen) atoms. The number of hydrogen-bond acceptors (Lipinski definition) is 4. The maximum Gasteiger partial charge on any atom is 0.148 e. The van der Waals surface area contributed by atoms with Crippen LogP contribution in [0.15, 0.2) is 0 Å². The van der Waals surface area contributed by atoms with Crippen LogP contribution in [-0.4, -0.2) is 22.9 Å². The molecule has 0 spiro atoms. The molecule has 62 valence electrons. The third-order valence-electron chi connectivity index (χ3n) is 1.82. The molecule has 3 unspecified atom stereocenters. The third kappa shape index (κ3) is 2.34. The normalized spacial score (nSPS) is 34.3. The van der Waals surface area contributed by atoms with Gasteiger partial charge in [0.15, 0.2) is 0 Å². The number of nitrogens with two attached hydrogens (primary N) is 1. The average molecular weight is 173 g/mol. The van der Waals surface area contributed by atoms with Crippen molar-refractivity contribution < 1.29 is 4.55 Å². The maximum atomic E-state index is 10.8. The summed E-state index contributed by atoms with van der Waals surface area (Å²) in [6.45, 7) is 1.37. The lowest BCUT2D eigenvalue weighted by atomic mass is 10.0. The summed E-state index contributed by atoms with van der Waals surface area (Å²) in [6.07, 6.45) is 0.659. The highest BCUT2D eigenvalue weighted by molar-refractivity contribution is 7.89. The van der Waals surface area contributed by atoms with Crippen molar-refractivity contribution in [2.75, 3.05) is 13.1 Å². The van der Waals surface area contributed by atoms with E-state index in [0.717, 1.165) is 0 Å². The smallest absolute Gasteiger partial charge is 0.148 e.